The average molecular weight is 377 g/mol. The Bertz CT molecular complexity index is 919. The minimum absolute atomic E-state index is 0.158. The quantitative estimate of drug-likeness (QED) is 0.735. The van der Waals surface area contributed by atoms with E-state index >= 15 is 0 Å². The first-order chi connectivity index (χ1) is 12.0. The number of aryl methyl sites for hydroxylation is 2. The number of benzene rings is 1. The van der Waals surface area contributed by atoms with Crippen molar-refractivity contribution in [2.24, 2.45) is 0 Å². The smallest absolute Gasteiger partial charge is 0.230 e. The highest BCUT2D eigenvalue weighted by atomic mass is 35.5. The van der Waals surface area contributed by atoms with Gasteiger partial charge in [0.25, 0.3) is 0 Å². The molecule has 0 aliphatic rings. The molecule has 0 fully saturated rings. The van der Waals surface area contributed by atoms with Crippen molar-refractivity contribution in [2.45, 2.75) is 20.3 Å². The number of rotatable bonds is 5. The molecular formula is C17H17ClN4O2S. The summed E-state index contributed by atoms with van der Waals surface area (Å²) in [5, 5.41) is 10.3. The summed E-state index contributed by atoms with van der Waals surface area (Å²) in [6, 6.07) is 7.05. The zero-order chi connectivity index (χ0) is 18.0. The van der Waals surface area contributed by atoms with Crippen molar-refractivity contribution in [3.8, 4) is 10.9 Å². The third kappa shape index (κ3) is 4.00. The van der Waals surface area contributed by atoms with Crippen LogP contribution < -0.4 is 10.1 Å². The topological polar surface area (TPSA) is 69.0 Å². The molecule has 0 aliphatic carbocycles. The third-order valence-corrected chi connectivity index (χ3v) is 4.61. The van der Waals surface area contributed by atoms with Gasteiger partial charge in [0.2, 0.25) is 11.0 Å². The van der Waals surface area contributed by atoms with Crippen LogP contribution in [0.3, 0.4) is 0 Å². The van der Waals surface area contributed by atoms with Crippen molar-refractivity contribution in [2.75, 3.05) is 12.4 Å². The number of hydrogen-bond donors (Lipinski definition) is 1. The summed E-state index contributed by atoms with van der Waals surface area (Å²) in [4.78, 5) is 16.8. The first-order valence-corrected chi connectivity index (χ1v) is 8.83. The van der Waals surface area contributed by atoms with E-state index in [2.05, 4.69) is 15.4 Å². The predicted molar refractivity (Wildman–Crippen MR) is 99.0 cm³/mol. The number of carbonyl (C=O) groups is 1. The molecule has 1 amide bonds. The Labute approximate surface area is 154 Å². The first kappa shape index (κ1) is 17.4. The number of thiazole rings is 1. The van der Waals surface area contributed by atoms with Crippen LogP contribution in [0.15, 0.2) is 29.6 Å². The van der Waals surface area contributed by atoms with E-state index in [9.17, 15) is 4.79 Å². The first-order valence-electron chi connectivity index (χ1n) is 7.57. The minimum Gasteiger partial charge on any atom is -0.495 e. The number of nitrogens with zero attached hydrogens (tertiary/aromatic N) is 3. The number of anilines is 1. The van der Waals surface area contributed by atoms with E-state index in [4.69, 9.17) is 16.3 Å². The van der Waals surface area contributed by atoms with Gasteiger partial charge in [-0.1, -0.05) is 11.6 Å². The second-order valence-corrected chi connectivity index (χ2v) is 6.80. The van der Waals surface area contributed by atoms with Crippen LogP contribution in [0.25, 0.3) is 5.13 Å². The van der Waals surface area contributed by atoms with Crippen molar-refractivity contribution in [3.05, 3.63) is 51.7 Å². The lowest BCUT2D eigenvalue weighted by atomic mass is 10.2. The van der Waals surface area contributed by atoms with Crippen molar-refractivity contribution < 1.29 is 9.53 Å². The Kier molecular flexibility index (Phi) is 5.06. The number of amides is 1. The molecule has 1 aromatic carbocycles. The molecule has 6 nitrogen and oxygen atoms in total. The fourth-order valence-corrected chi connectivity index (χ4v) is 3.44. The maximum atomic E-state index is 12.3. The molecule has 25 heavy (non-hydrogen) atoms. The van der Waals surface area contributed by atoms with Gasteiger partial charge in [-0.05, 0) is 38.1 Å². The molecule has 0 bridgehead atoms. The molecule has 3 rings (SSSR count). The van der Waals surface area contributed by atoms with Gasteiger partial charge in [-0.25, -0.2) is 9.67 Å². The predicted octanol–water partition coefficient (Wildman–Crippen LogP) is 3.79. The molecule has 0 saturated heterocycles. The molecule has 0 atom stereocenters. The van der Waals surface area contributed by atoms with Crippen molar-refractivity contribution in [1.29, 1.82) is 0 Å². The molecule has 2 heterocycles. The van der Waals surface area contributed by atoms with Gasteiger partial charge >= 0.3 is 0 Å². The van der Waals surface area contributed by atoms with Gasteiger partial charge in [-0.15, -0.1) is 11.3 Å². The largest absolute Gasteiger partial charge is 0.495 e. The van der Waals surface area contributed by atoms with Gasteiger partial charge in [0.1, 0.15) is 5.75 Å². The van der Waals surface area contributed by atoms with Gasteiger partial charge in [-0.2, -0.15) is 5.10 Å². The summed E-state index contributed by atoms with van der Waals surface area (Å²) in [5.74, 6) is 0.366. The lowest BCUT2D eigenvalue weighted by molar-refractivity contribution is -0.115. The van der Waals surface area contributed by atoms with Crippen LogP contribution in [0.2, 0.25) is 5.02 Å². The molecule has 0 unspecified atom stereocenters. The number of nitrogens with one attached hydrogen (secondary N) is 1. The highest BCUT2D eigenvalue weighted by Crippen LogP contribution is 2.28. The van der Waals surface area contributed by atoms with E-state index in [0.29, 0.717) is 22.2 Å². The monoisotopic (exact) mass is 376 g/mol. The SMILES string of the molecule is COc1ccc(Cl)cc1NC(=O)Cc1csc(-n2nc(C)cc2C)n1. The average Bonchev–Trinajstić information content (AvgIpc) is 3.13. The van der Waals surface area contributed by atoms with Crippen LogP contribution in [0, 0.1) is 13.8 Å². The second-order valence-electron chi connectivity index (χ2n) is 5.53. The summed E-state index contributed by atoms with van der Waals surface area (Å²) in [6.07, 6.45) is 0.158. The van der Waals surface area contributed by atoms with E-state index in [0.717, 1.165) is 16.5 Å². The molecule has 0 saturated carbocycles. The highest BCUT2D eigenvalue weighted by Gasteiger charge is 2.13. The molecule has 130 valence electrons. The van der Waals surface area contributed by atoms with E-state index in [-0.39, 0.29) is 12.3 Å². The number of ether oxygens (including phenoxy) is 1. The lowest BCUT2D eigenvalue weighted by Crippen LogP contribution is -2.15. The molecular weight excluding hydrogens is 360 g/mol. The number of aromatic nitrogens is 3. The van der Waals surface area contributed by atoms with Gasteiger partial charge in [0, 0.05) is 16.1 Å². The molecule has 0 aliphatic heterocycles. The van der Waals surface area contributed by atoms with E-state index < -0.39 is 0 Å². The van der Waals surface area contributed by atoms with Gasteiger partial charge in [-0.3, -0.25) is 4.79 Å². The number of halogens is 1. The number of carbonyl (C=O) groups excluding carboxylic acids is 1. The zero-order valence-electron chi connectivity index (χ0n) is 14.0. The highest BCUT2D eigenvalue weighted by molar-refractivity contribution is 7.12. The Morgan fingerprint density at radius 1 is 1.36 bits per heavy atom. The third-order valence-electron chi connectivity index (χ3n) is 3.51. The fourth-order valence-electron chi connectivity index (χ4n) is 2.43. The molecule has 0 spiro atoms. The fraction of sp³-hybridized carbons (Fsp3) is 0.235. The van der Waals surface area contributed by atoms with Gasteiger partial charge in [0.15, 0.2) is 0 Å². The van der Waals surface area contributed by atoms with Crippen molar-refractivity contribution in [3.63, 3.8) is 0 Å². The van der Waals surface area contributed by atoms with Crippen LogP contribution in [-0.2, 0) is 11.2 Å². The van der Waals surface area contributed by atoms with E-state index in [1.54, 1.807) is 30.0 Å². The van der Waals surface area contributed by atoms with E-state index in [1.165, 1.54) is 11.3 Å². The standard InChI is InChI=1S/C17H17ClN4O2S/c1-10-6-11(2)22(21-10)17-19-13(9-25-17)8-16(23)20-14-7-12(18)4-5-15(14)24-3/h4-7,9H,8H2,1-3H3,(H,20,23). The van der Waals surface area contributed by atoms with Gasteiger partial charge in [0.05, 0.1) is 30.6 Å². The molecule has 0 radical (unpaired) electrons. The van der Waals surface area contributed by atoms with Crippen LogP contribution in [0.1, 0.15) is 17.1 Å². The Morgan fingerprint density at radius 2 is 2.16 bits per heavy atom. The summed E-state index contributed by atoms with van der Waals surface area (Å²) >= 11 is 7.43. The Hall–Kier alpha value is -2.38. The van der Waals surface area contributed by atoms with Crippen LogP contribution in [-0.4, -0.2) is 27.8 Å². The summed E-state index contributed by atoms with van der Waals surface area (Å²) < 4.78 is 7.01. The number of hydrogen-bond acceptors (Lipinski definition) is 5. The van der Waals surface area contributed by atoms with Crippen LogP contribution in [0.4, 0.5) is 5.69 Å². The molecule has 2 aromatic heterocycles. The normalized spacial score (nSPS) is 10.7. The summed E-state index contributed by atoms with van der Waals surface area (Å²) in [7, 11) is 1.54. The minimum atomic E-state index is -0.189. The number of methoxy groups -OCH3 is 1. The van der Waals surface area contributed by atoms with E-state index in [1.807, 2.05) is 25.3 Å². The zero-order valence-corrected chi connectivity index (χ0v) is 15.6. The van der Waals surface area contributed by atoms with Gasteiger partial charge < -0.3 is 10.1 Å². The molecule has 1 N–H and O–H groups in total. The molecule has 3 aromatic rings. The maximum Gasteiger partial charge on any atom is 0.230 e. The Morgan fingerprint density at radius 3 is 2.84 bits per heavy atom. The van der Waals surface area contributed by atoms with Crippen molar-refractivity contribution in [1.82, 2.24) is 14.8 Å². The lowest BCUT2D eigenvalue weighted by Gasteiger charge is -2.10. The summed E-state index contributed by atoms with van der Waals surface area (Å²) in [6.45, 7) is 3.91. The molecule has 8 heteroatoms. The van der Waals surface area contributed by atoms with Crippen LogP contribution in [0.5, 0.6) is 5.75 Å². The van der Waals surface area contributed by atoms with Crippen molar-refractivity contribution >= 4 is 34.5 Å². The maximum absolute atomic E-state index is 12.3. The summed E-state index contributed by atoms with van der Waals surface area (Å²) in [5.41, 5.74) is 3.16. The van der Waals surface area contributed by atoms with Crippen LogP contribution >= 0.6 is 22.9 Å². The second kappa shape index (κ2) is 7.25. The Balaban J connectivity index is 1.72.